The third-order valence-electron chi connectivity index (χ3n) is 5.21. The van der Waals surface area contributed by atoms with Crippen LogP contribution in [0.4, 0.5) is 0 Å². The molecular weight excluding hydrogens is 310 g/mol. The van der Waals surface area contributed by atoms with Crippen LogP contribution in [0.25, 0.3) is 0 Å². The maximum Gasteiger partial charge on any atom is 0.124 e. The standard InChI is InChI=1S/C21H31N3O/c1-5-7-11-19-14-23(13-18-10-8-9-12-21(18)25-19)15-20-16(3)22-24(6-2)17(20)4/h8-10,12,19H,5-7,11,13-15H2,1-4H3/t19-/m1/s1. The van der Waals surface area contributed by atoms with Crippen molar-refractivity contribution in [2.45, 2.75) is 72.7 Å². The third kappa shape index (κ3) is 4.06. The summed E-state index contributed by atoms with van der Waals surface area (Å²) in [5, 5.41) is 4.69. The van der Waals surface area contributed by atoms with E-state index in [1.165, 1.54) is 29.7 Å². The average molecular weight is 341 g/mol. The molecule has 4 heteroatoms. The summed E-state index contributed by atoms with van der Waals surface area (Å²) in [6, 6.07) is 8.49. The van der Waals surface area contributed by atoms with Crippen molar-refractivity contribution in [2.75, 3.05) is 6.54 Å². The maximum absolute atomic E-state index is 6.35. The normalized spacial score (nSPS) is 17.8. The van der Waals surface area contributed by atoms with Gasteiger partial charge in [0, 0.05) is 43.0 Å². The van der Waals surface area contributed by atoms with Crippen molar-refractivity contribution in [3.8, 4) is 5.75 Å². The number of aromatic nitrogens is 2. The van der Waals surface area contributed by atoms with E-state index in [0.29, 0.717) is 0 Å². The molecule has 4 nitrogen and oxygen atoms in total. The van der Waals surface area contributed by atoms with Gasteiger partial charge in [-0.3, -0.25) is 9.58 Å². The van der Waals surface area contributed by atoms with E-state index in [9.17, 15) is 0 Å². The summed E-state index contributed by atoms with van der Waals surface area (Å²) >= 11 is 0. The van der Waals surface area contributed by atoms with Crippen LogP contribution in [-0.4, -0.2) is 27.3 Å². The van der Waals surface area contributed by atoms with Crippen LogP contribution in [0.3, 0.4) is 0 Å². The van der Waals surface area contributed by atoms with E-state index in [-0.39, 0.29) is 6.10 Å². The third-order valence-corrected chi connectivity index (χ3v) is 5.21. The van der Waals surface area contributed by atoms with E-state index in [2.05, 4.69) is 66.6 Å². The van der Waals surface area contributed by atoms with Crippen molar-refractivity contribution < 1.29 is 4.74 Å². The number of hydrogen-bond donors (Lipinski definition) is 0. The molecule has 0 bridgehead atoms. The molecule has 0 saturated heterocycles. The molecule has 1 aromatic heterocycles. The van der Waals surface area contributed by atoms with Gasteiger partial charge in [-0.1, -0.05) is 31.5 Å². The Hall–Kier alpha value is -1.81. The molecule has 2 aromatic rings. The van der Waals surface area contributed by atoms with Crippen LogP contribution in [0, 0.1) is 13.8 Å². The van der Waals surface area contributed by atoms with E-state index in [0.717, 1.165) is 44.0 Å². The summed E-state index contributed by atoms with van der Waals surface area (Å²) in [5.74, 6) is 1.06. The number of rotatable bonds is 6. The highest BCUT2D eigenvalue weighted by atomic mass is 16.5. The minimum atomic E-state index is 0.269. The van der Waals surface area contributed by atoms with Crippen LogP contribution in [0.5, 0.6) is 5.75 Å². The van der Waals surface area contributed by atoms with Gasteiger partial charge in [-0.25, -0.2) is 0 Å². The van der Waals surface area contributed by atoms with Gasteiger partial charge in [-0.2, -0.15) is 5.10 Å². The van der Waals surface area contributed by atoms with Crippen LogP contribution in [0.2, 0.25) is 0 Å². The zero-order valence-corrected chi connectivity index (χ0v) is 16.1. The largest absolute Gasteiger partial charge is 0.489 e. The number of fused-ring (bicyclic) bond motifs is 1. The number of unbranched alkanes of at least 4 members (excludes halogenated alkanes) is 1. The summed E-state index contributed by atoms with van der Waals surface area (Å²) in [5.41, 5.74) is 5.11. The minimum Gasteiger partial charge on any atom is -0.489 e. The van der Waals surface area contributed by atoms with Crippen molar-refractivity contribution >= 4 is 0 Å². The first-order chi connectivity index (χ1) is 12.1. The summed E-state index contributed by atoms with van der Waals surface area (Å²) < 4.78 is 8.46. The van der Waals surface area contributed by atoms with E-state index in [1.54, 1.807) is 0 Å². The second-order valence-corrected chi connectivity index (χ2v) is 7.12. The Morgan fingerprint density at radius 1 is 1.20 bits per heavy atom. The molecule has 136 valence electrons. The van der Waals surface area contributed by atoms with E-state index < -0.39 is 0 Å². The fourth-order valence-corrected chi connectivity index (χ4v) is 3.76. The molecule has 2 heterocycles. The quantitative estimate of drug-likeness (QED) is 0.776. The van der Waals surface area contributed by atoms with Gasteiger partial charge in [0.05, 0.1) is 5.69 Å². The molecule has 0 amide bonds. The Bertz CT molecular complexity index is 707. The second kappa shape index (κ2) is 8.05. The lowest BCUT2D eigenvalue weighted by Crippen LogP contribution is -2.32. The molecule has 0 aliphatic carbocycles. The van der Waals surface area contributed by atoms with Gasteiger partial charge in [-0.15, -0.1) is 0 Å². The van der Waals surface area contributed by atoms with Crippen molar-refractivity contribution in [1.29, 1.82) is 0 Å². The molecular formula is C21H31N3O. The number of ether oxygens (including phenoxy) is 1. The molecule has 0 unspecified atom stereocenters. The van der Waals surface area contributed by atoms with Crippen molar-refractivity contribution in [1.82, 2.24) is 14.7 Å². The summed E-state index contributed by atoms with van der Waals surface area (Å²) in [6.45, 7) is 12.5. The molecule has 0 saturated carbocycles. The Morgan fingerprint density at radius 2 is 2.00 bits per heavy atom. The monoisotopic (exact) mass is 341 g/mol. The Labute approximate surface area is 151 Å². The highest BCUT2D eigenvalue weighted by molar-refractivity contribution is 5.34. The lowest BCUT2D eigenvalue weighted by Gasteiger charge is -2.24. The molecule has 3 rings (SSSR count). The van der Waals surface area contributed by atoms with Crippen molar-refractivity contribution in [3.63, 3.8) is 0 Å². The van der Waals surface area contributed by atoms with Crippen LogP contribution >= 0.6 is 0 Å². The minimum absolute atomic E-state index is 0.269. The average Bonchev–Trinajstić information content (AvgIpc) is 2.79. The van der Waals surface area contributed by atoms with Gasteiger partial charge in [0.1, 0.15) is 11.9 Å². The first kappa shape index (κ1) is 18.0. The van der Waals surface area contributed by atoms with Gasteiger partial charge in [0.2, 0.25) is 0 Å². The second-order valence-electron chi connectivity index (χ2n) is 7.12. The first-order valence-electron chi connectivity index (χ1n) is 9.62. The van der Waals surface area contributed by atoms with Crippen LogP contribution < -0.4 is 4.74 Å². The maximum atomic E-state index is 6.35. The molecule has 1 aliphatic rings. The Kier molecular flexibility index (Phi) is 5.79. The number of hydrogen-bond acceptors (Lipinski definition) is 3. The van der Waals surface area contributed by atoms with Crippen LogP contribution in [-0.2, 0) is 19.6 Å². The predicted molar refractivity (Wildman–Crippen MR) is 102 cm³/mol. The molecule has 0 N–H and O–H groups in total. The van der Waals surface area contributed by atoms with Gasteiger partial charge in [0.25, 0.3) is 0 Å². The number of benzene rings is 1. The topological polar surface area (TPSA) is 30.3 Å². The summed E-state index contributed by atoms with van der Waals surface area (Å²) in [6.07, 6.45) is 3.81. The van der Waals surface area contributed by atoms with Gasteiger partial charge >= 0.3 is 0 Å². The molecule has 0 spiro atoms. The lowest BCUT2D eigenvalue weighted by molar-refractivity contribution is 0.133. The molecule has 25 heavy (non-hydrogen) atoms. The van der Waals surface area contributed by atoms with E-state index >= 15 is 0 Å². The van der Waals surface area contributed by atoms with Gasteiger partial charge < -0.3 is 4.74 Å². The molecule has 1 atom stereocenters. The van der Waals surface area contributed by atoms with Gasteiger partial charge in [-0.05, 0) is 39.7 Å². The Morgan fingerprint density at radius 3 is 2.72 bits per heavy atom. The zero-order chi connectivity index (χ0) is 17.8. The molecule has 1 aromatic carbocycles. The number of nitrogens with zero attached hydrogens (tertiary/aromatic N) is 3. The van der Waals surface area contributed by atoms with Crippen LogP contribution in [0.15, 0.2) is 24.3 Å². The van der Waals surface area contributed by atoms with E-state index in [1.807, 2.05) is 0 Å². The smallest absolute Gasteiger partial charge is 0.124 e. The lowest BCUT2D eigenvalue weighted by atomic mass is 10.1. The van der Waals surface area contributed by atoms with E-state index in [4.69, 9.17) is 4.74 Å². The zero-order valence-electron chi connectivity index (χ0n) is 16.1. The van der Waals surface area contributed by atoms with Crippen LogP contribution in [0.1, 0.15) is 55.6 Å². The molecule has 0 radical (unpaired) electrons. The van der Waals surface area contributed by atoms with Crippen molar-refractivity contribution in [3.05, 3.63) is 46.8 Å². The van der Waals surface area contributed by atoms with Crippen molar-refractivity contribution in [2.24, 2.45) is 0 Å². The summed E-state index contributed by atoms with van der Waals surface area (Å²) in [4.78, 5) is 2.53. The molecule has 0 fully saturated rings. The fourth-order valence-electron chi connectivity index (χ4n) is 3.76. The number of para-hydroxylation sites is 1. The Balaban J connectivity index is 1.83. The number of aryl methyl sites for hydroxylation is 2. The molecule has 1 aliphatic heterocycles. The predicted octanol–water partition coefficient (Wildman–Crippen LogP) is 4.47. The highest BCUT2D eigenvalue weighted by Gasteiger charge is 2.24. The summed E-state index contributed by atoms with van der Waals surface area (Å²) in [7, 11) is 0. The fraction of sp³-hybridized carbons (Fsp3) is 0.571. The first-order valence-corrected chi connectivity index (χ1v) is 9.62. The van der Waals surface area contributed by atoms with Gasteiger partial charge in [0.15, 0.2) is 0 Å². The SMILES string of the molecule is CCCC[C@@H]1CN(Cc2c(C)nn(CC)c2C)Cc2ccccc2O1. The highest BCUT2D eigenvalue weighted by Crippen LogP contribution is 2.28.